The molecule has 0 atom stereocenters. The van der Waals surface area contributed by atoms with Gasteiger partial charge in [0.15, 0.2) is 0 Å². The second kappa shape index (κ2) is 8.30. The summed E-state index contributed by atoms with van der Waals surface area (Å²) < 4.78 is 0. The summed E-state index contributed by atoms with van der Waals surface area (Å²) >= 11 is 0. The molecule has 0 spiro atoms. The molecule has 4 heteroatoms. The quantitative estimate of drug-likeness (QED) is 0.878. The van der Waals surface area contributed by atoms with Gasteiger partial charge in [0.25, 0.3) is 5.91 Å². The summed E-state index contributed by atoms with van der Waals surface area (Å²) in [7, 11) is 2.14. The molecule has 1 aromatic rings. The molecule has 1 heterocycles. The number of hydrogen-bond acceptors (Lipinski definition) is 3. The van der Waals surface area contributed by atoms with E-state index in [0.29, 0.717) is 0 Å². The summed E-state index contributed by atoms with van der Waals surface area (Å²) in [5.74, 6) is 0.143. The van der Waals surface area contributed by atoms with E-state index in [2.05, 4.69) is 24.9 Å². The van der Waals surface area contributed by atoms with E-state index in [1.165, 1.54) is 18.4 Å². The van der Waals surface area contributed by atoms with E-state index in [9.17, 15) is 4.79 Å². The first-order valence-electron chi connectivity index (χ1n) is 8.42. The summed E-state index contributed by atoms with van der Waals surface area (Å²) in [6, 6.07) is 8.31. The van der Waals surface area contributed by atoms with Crippen LogP contribution in [0.3, 0.4) is 0 Å². The lowest BCUT2D eigenvalue weighted by Crippen LogP contribution is -2.42. The first-order chi connectivity index (χ1) is 10.6. The zero-order valence-corrected chi connectivity index (χ0v) is 13.9. The van der Waals surface area contributed by atoms with Crippen LogP contribution in [-0.4, -0.2) is 48.4 Å². The number of benzene rings is 1. The van der Waals surface area contributed by atoms with E-state index in [1.807, 2.05) is 23.1 Å². The number of likely N-dealkylation sites (tertiary alicyclic amines) is 1. The van der Waals surface area contributed by atoms with Crippen molar-refractivity contribution < 1.29 is 4.79 Å². The molecule has 1 fully saturated rings. The number of rotatable bonds is 6. The van der Waals surface area contributed by atoms with Crippen molar-refractivity contribution in [3.8, 4) is 0 Å². The van der Waals surface area contributed by atoms with Gasteiger partial charge in [-0.1, -0.05) is 25.5 Å². The minimum atomic E-state index is 0.143. The molecule has 2 N–H and O–H groups in total. The molecule has 1 aliphatic rings. The molecule has 0 radical (unpaired) electrons. The van der Waals surface area contributed by atoms with Crippen molar-refractivity contribution in [2.45, 2.75) is 45.2 Å². The maximum Gasteiger partial charge on any atom is 0.253 e. The zero-order valence-electron chi connectivity index (χ0n) is 13.9. The average Bonchev–Trinajstić information content (AvgIpc) is 2.53. The van der Waals surface area contributed by atoms with Crippen LogP contribution in [0.1, 0.15) is 48.5 Å². The van der Waals surface area contributed by atoms with Crippen molar-refractivity contribution in [1.82, 2.24) is 9.80 Å². The monoisotopic (exact) mass is 303 g/mol. The van der Waals surface area contributed by atoms with Crippen molar-refractivity contribution in [2.24, 2.45) is 5.73 Å². The number of carbonyl (C=O) groups excluding carboxylic acids is 1. The zero-order chi connectivity index (χ0) is 15.9. The Labute approximate surface area is 134 Å². The summed E-state index contributed by atoms with van der Waals surface area (Å²) in [5, 5.41) is 0. The molecule has 0 aromatic heterocycles. The highest BCUT2D eigenvalue weighted by molar-refractivity contribution is 5.94. The van der Waals surface area contributed by atoms with Gasteiger partial charge < -0.3 is 15.5 Å². The molecule has 0 saturated carbocycles. The lowest BCUT2D eigenvalue weighted by atomic mass is 10.0. The highest BCUT2D eigenvalue weighted by Gasteiger charge is 2.21. The van der Waals surface area contributed by atoms with Gasteiger partial charge in [-0.15, -0.1) is 0 Å². The smallest absolute Gasteiger partial charge is 0.253 e. The number of amides is 1. The molecule has 1 amide bonds. The van der Waals surface area contributed by atoms with Crippen LogP contribution in [0, 0.1) is 0 Å². The first-order valence-corrected chi connectivity index (χ1v) is 8.42. The highest BCUT2D eigenvalue weighted by Crippen LogP contribution is 2.15. The van der Waals surface area contributed by atoms with Gasteiger partial charge in [-0.2, -0.15) is 0 Å². The Hall–Kier alpha value is -1.39. The molecule has 0 unspecified atom stereocenters. The Morgan fingerprint density at radius 3 is 2.77 bits per heavy atom. The van der Waals surface area contributed by atoms with Crippen LogP contribution in [-0.2, 0) is 6.54 Å². The summed E-state index contributed by atoms with van der Waals surface area (Å²) in [6.45, 7) is 5.75. The number of nitrogens with two attached hydrogens (primary N) is 1. The molecule has 0 aliphatic carbocycles. The van der Waals surface area contributed by atoms with Crippen LogP contribution >= 0.6 is 0 Å². The fourth-order valence-electron chi connectivity index (χ4n) is 2.91. The van der Waals surface area contributed by atoms with E-state index in [-0.39, 0.29) is 11.9 Å². The second-order valence-electron chi connectivity index (χ2n) is 6.42. The Kier molecular flexibility index (Phi) is 6.40. The fourth-order valence-corrected chi connectivity index (χ4v) is 2.91. The molecule has 1 aromatic carbocycles. The molecule has 22 heavy (non-hydrogen) atoms. The molecular weight excluding hydrogens is 274 g/mol. The minimum absolute atomic E-state index is 0.143. The van der Waals surface area contributed by atoms with E-state index in [0.717, 1.165) is 44.6 Å². The topological polar surface area (TPSA) is 49.6 Å². The molecule has 2 rings (SSSR count). The molecular formula is C18H29N3O. The molecule has 122 valence electrons. The van der Waals surface area contributed by atoms with Crippen LogP contribution in [0.25, 0.3) is 0 Å². The predicted molar refractivity (Wildman–Crippen MR) is 90.8 cm³/mol. The van der Waals surface area contributed by atoms with Gasteiger partial charge >= 0.3 is 0 Å². The molecule has 1 aliphatic heterocycles. The summed E-state index contributed by atoms with van der Waals surface area (Å²) in [6.07, 6.45) is 4.24. The number of piperidine rings is 1. The average molecular weight is 303 g/mol. The number of hydrogen-bond donors (Lipinski definition) is 1. The SMILES string of the molecule is CCCCN(C)Cc1cccc(C(=O)N2CCC(N)CC2)c1. The summed E-state index contributed by atoms with van der Waals surface area (Å²) in [5.41, 5.74) is 7.92. The Balaban J connectivity index is 1.97. The molecule has 0 bridgehead atoms. The van der Waals surface area contributed by atoms with Gasteiger partial charge in [0.2, 0.25) is 0 Å². The van der Waals surface area contributed by atoms with Crippen molar-refractivity contribution in [3.05, 3.63) is 35.4 Å². The Morgan fingerprint density at radius 2 is 2.09 bits per heavy atom. The standard InChI is InChI=1S/C18H29N3O/c1-3-4-10-20(2)14-15-6-5-7-16(13-15)18(22)21-11-8-17(19)9-12-21/h5-7,13,17H,3-4,8-12,14,19H2,1-2H3. The third kappa shape index (κ3) is 4.82. The lowest BCUT2D eigenvalue weighted by molar-refractivity contribution is 0.0714. The van der Waals surface area contributed by atoms with Crippen molar-refractivity contribution in [3.63, 3.8) is 0 Å². The van der Waals surface area contributed by atoms with Crippen molar-refractivity contribution >= 4 is 5.91 Å². The number of unbranched alkanes of at least 4 members (excludes halogenated alkanes) is 1. The van der Waals surface area contributed by atoms with Crippen LogP contribution in [0.5, 0.6) is 0 Å². The van der Waals surface area contributed by atoms with Gasteiger partial charge in [0, 0.05) is 31.2 Å². The van der Waals surface area contributed by atoms with E-state index >= 15 is 0 Å². The lowest BCUT2D eigenvalue weighted by Gasteiger charge is -2.30. The normalized spacial score (nSPS) is 16.3. The second-order valence-corrected chi connectivity index (χ2v) is 6.42. The van der Waals surface area contributed by atoms with Crippen LogP contribution in [0.2, 0.25) is 0 Å². The van der Waals surface area contributed by atoms with Gasteiger partial charge in [-0.25, -0.2) is 0 Å². The fraction of sp³-hybridized carbons (Fsp3) is 0.611. The van der Waals surface area contributed by atoms with Crippen LogP contribution in [0.15, 0.2) is 24.3 Å². The van der Waals surface area contributed by atoms with Crippen LogP contribution < -0.4 is 5.73 Å². The van der Waals surface area contributed by atoms with E-state index in [4.69, 9.17) is 5.73 Å². The first kappa shape index (κ1) is 17.0. The van der Waals surface area contributed by atoms with E-state index in [1.54, 1.807) is 0 Å². The van der Waals surface area contributed by atoms with Crippen molar-refractivity contribution in [1.29, 1.82) is 0 Å². The van der Waals surface area contributed by atoms with Gasteiger partial charge in [0.05, 0.1) is 0 Å². The van der Waals surface area contributed by atoms with Gasteiger partial charge in [-0.05, 0) is 50.6 Å². The van der Waals surface area contributed by atoms with E-state index < -0.39 is 0 Å². The number of nitrogens with zero attached hydrogens (tertiary/aromatic N) is 2. The maximum atomic E-state index is 12.6. The maximum absolute atomic E-state index is 12.6. The Morgan fingerprint density at radius 1 is 1.36 bits per heavy atom. The third-order valence-electron chi connectivity index (χ3n) is 4.35. The minimum Gasteiger partial charge on any atom is -0.339 e. The van der Waals surface area contributed by atoms with Gasteiger partial charge in [0.1, 0.15) is 0 Å². The molecule has 1 saturated heterocycles. The van der Waals surface area contributed by atoms with Crippen LogP contribution in [0.4, 0.5) is 0 Å². The summed E-state index contributed by atoms with van der Waals surface area (Å²) in [4.78, 5) is 16.8. The largest absolute Gasteiger partial charge is 0.339 e. The Bertz CT molecular complexity index is 481. The highest BCUT2D eigenvalue weighted by atomic mass is 16.2. The predicted octanol–water partition coefficient (Wildman–Crippen LogP) is 2.48. The number of carbonyl (C=O) groups is 1. The van der Waals surface area contributed by atoms with Crippen molar-refractivity contribution in [2.75, 3.05) is 26.7 Å². The third-order valence-corrected chi connectivity index (χ3v) is 4.35. The van der Waals surface area contributed by atoms with Gasteiger partial charge in [-0.3, -0.25) is 4.79 Å². The molecule has 4 nitrogen and oxygen atoms in total.